The van der Waals surface area contributed by atoms with Crippen molar-refractivity contribution in [1.29, 1.82) is 0 Å². The lowest BCUT2D eigenvalue weighted by molar-refractivity contribution is -0.137. The number of nitrogens with one attached hydrogen (secondary N) is 2. The standard InChI is InChI=1S/C18H17F5N2O/c1-11(12-4-2-5-13(10-12)18(21,22)23)25-17(26)24-9-8-14-15(19)6-3-7-16(14)20/h2-7,10-11H,8-9H2,1H3,(H2,24,25,26). The second kappa shape index (κ2) is 8.16. The van der Waals surface area contributed by atoms with Crippen LogP contribution in [0.3, 0.4) is 0 Å². The Hall–Kier alpha value is -2.64. The van der Waals surface area contributed by atoms with Crippen LogP contribution in [0.25, 0.3) is 0 Å². The molecule has 2 aromatic carbocycles. The number of alkyl halides is 3. The molecule has 0 spiro atoms. The molecule has 2 rings (SSSR count). The van der Waals surface area contributed by atoms with E-state index in [1.807, 2.05) is 0 Å². The van der Waals surface area contributed by atoms with E-state index in [1.54, 1.807) is 0 Å². The lowest BCUT2D eigenvalue weighted by Gasteiger charge is -2.17. The third-order valence-corrected chi connectivity index (χ3v) is 3.78. The molecule has 0 bridgehead atoms. The summed E-state index contributed by atoms with van der Waals surface area (Å²) < 4.78 is 65.1. The molecule has 2 N–H and O–H groups in total. The average molecular weight is 372 g/mol. The van der Waals surface area contributed by atoms with Gasteiger partial charge < -0.3 is 10.6 Å². The van der Waals surface area contributed by atoms with Crippen LogP contribution in [0.4, 0.5) is 26.7 Å². The number of rotatable bonds is 5. The van der Waals surface area contributed by atoms with Gasteiger partial charge in [-0.25, -0.2) is 13.6 Å². The van der Waals surface area contributed by atoms with Crippen molar-refractivity contribution < 1.29 is 26.7 Å². The minimum Gasteiger partial charge on any atom is -0.338 e. The summed E-state index contributed by atoms with van der Waals surface area (Å²) >= 11 is 0. The summed E-state index contributed by atoms with van der Waals surface area (Å²) in [6, 6.07) is 6.78. The molecule has 2 amide bonds. The van der Waals surface area contributed by atoms with Crippen LogP contribution in [-0.4, -0.2) is 12.6 Å². The molecule has 0 radical (unpaired) electrons. The molecule has 0 saturated carbocycles. The second-order valence-corrected chi connectivity index (χ2v) is 5.70. The SMILES string of the molecule is CC(NC(=O)NCCc1c(F)cccc1F)c1cccc(C(F)(F)F)c1. The van der Waals surface area contributed by atoms with Gasteiger partial charge in [-0.3, -0.25) is 0 Å². The van der Waals surface area contributed by atoms with Crippen LogP contribution in [0.1, 0.15) is 29.7 Å². The third-order valence-electron chi connectivity index (χ3n) is 3.78. The Labute approximate surface area is 147 Å². The van der Waals surface area contributed by atoms with Crippen LogP contribution in [0, 0.1) is 11.6 Å². The largest absolute Gasteiger partial charge is 0.416 e. The Morgan fingerprint density at radius 2 is 1.69 bits per heavy atom. The summed E-state index contributed by atoms with van der Waals surface area (Å²) in [7, 11) is 0. The highest BCUT2D eigenvalue weighted by Gasteiger charge is 2.30. The topological polar surface area (TPSA) is 41.1 Å². The maximum Gasteiger partial charge on any atom is 0.416 e. The van der Waals surface area contributed by atoms with E-state index >= 15 is 0 Å². The highest BCUT2D eigenvalue weighted by Crippen LogP contribution is 2.30. The van der Waals surface area contributed by atoms with E-state index in [0.29, 0.717) is 0 Å². The molecule has 0 aromatic heterocycles. The van der Waals surface area contributed by atoms with Crippen molar-refractivity contribution >= 4 is 6.03 Å². The molecule has 0 heterocycles. The van der Waals surface area contributed by atoms with Crippen LogP contribution in [0.15, 0.2) is 42.5 Å². The van der Waals surface area contributed by atoms with Crippen molar-refractivity contribution in [2.24, 2.45) is 0 Å². The van der Waals surface area contributed by atoms with E-state index in [0.717, 1.165) is 24.3 Å². The normalized spacial score (nSPS) is 12.5. The minimum atomic E-state index is -4.47. The summed E-state index contributed by atoms with van der Waals surface area (Å²) in [5.74, 6) is -1.41. The molecular weight excluding hydrogens is 355 g/mol. The third kappa shape index (κ3) is 5.18. The van der Waals surface area contributed by atoms with E-state index in [-0.39, 0.29) is 24.1 Å². The molecule has 0 fully saturated rings. The van der Waals surface area contributed by atoms with Gasteiger partial charge in [-0.2, -0.15) is 13.2 Å². The maximum atomic E-state index is 13.5. The molecular formula is C18H17F5N2O. The number of carbonyl (C=O) groups is 1. The van der Waals surface area contributed by atoms with Crippen molar-refractivity contribution in [2.75, 3.05) is 6.54 Å². The highest BCUT2D eigenvalue weighted by molar-refractivity contribution is 5.74. The number of amides is 2. The van der Waals surface area contributed by atoms with Gasteiger partial charge in [-0.05, 0) is 43.2 Å². The Kier molecular flexibility index (Phi) is 6.18. The smallest absolute Gasteiger partial charge is 0.338 e. The number of urea groups is 1. The van der Waals surface area contributed by atoms with Gasteiger partial charge in [-0.15, -0.1) is 0 Å². The predicted molar refractivity (Wildman–Crippen MR) is 86.5 cm³/mol. The van der Waals surface area contributed by atoms with E-state index in [2.05, 4.69) is 10.6 Å². The molecule has 1 atom stereocenters. The summed E-state index contributed by atoms with van der Waals surface area (Å²) in [4.78, 5) is 11.8. The van der Waals surface area contributed by atoms with Gasteiger partial charge in [-0.1, -0.05) is 18.2 Å². The lowest BCUT2D eigenvalue weighted by Crippen LogP contribution is -2.38. The number of halogens is 5. The van der Waals surface area contributed by atoms with E-state index in [9.17, 15) is 26.7 Å². The first-order valence-electron chi connectivity index (χ1n) is 7.83. The molecule has 0 aliphatic heterocycles. The first-order valence-corrected chi connectivity index (χ1v) is 7.83. The summed E-state index contributed by atoms with van der Waals surface area (Å²) in [6.07, 6.45) is -4.52. The zero-order chi connectivity index (χ0) is 19.3. The van der Waals surface area contributed by atoms with Gasteiger partial charge in [0.05, 0.1) is 11.6 Å². The van der Waals surface area contributed by atoms with Crippen molar-refractivity contribution in [2.45, 2.75) is 25.6 Å². The molecule has 3 nitrogen and oxygen atoms in total. The molecule has 0 saturated heterocycles. The Morgan fingerprint density at radius 1 is 1.08 bits per heavy atom. The van der Waals surface area contributed by atoms with Gasteiger partial charge in [0.15, 0.2) is 0 Å². The fourth-order valence-corrected chi connectivity index (χ4v) is 2.39. The molecule has 8 heteroatoms. The van der Waals surface area contributed by atoms with Crippen LogP contribution in [0.2, 0.25) is 0 Å². The fourth-order valence-electron chi connectivity index (χ4n) is 2.39. The lowest BCUT2D eigenvalue weighted by atomic mass is 10.1. The molecule has 0 aliphatic rings. The Morgan fingerprint density at radius 3 is 2.31 bits per heavy atom. The molecule has 140 valence electrons. The van der Waals surface area contributed by atoms with E-state index < -0.39 is 35.4 Å². The van der Waals surface area contributed by atoms with Gasteiger partial charge in [0, 0.05) is 12.1 Å². The van der Waals surface area contributed by atoms with Crippen molar-refractivity contribution in [3.63, 3.8) is 0 Å². The quantitative estimate of drug-likeness (QED) is 0.741. The number of hydrogen-bond donors (Lipinski definition) is 2. The first kappa shape index (κ1) is 19.7. The zero-order valence-corrected chi connectivity index (χ0v) is 13.8. The first-order chi connectivity index (χ1) is 12.2. The number of hydrogen-bond acceptors (Lipinski definition) is 1. The summed E-state index contributed by atoms with van der Waals surface area (Å²) in [5.41, 5.74) is -0.659. The van der Waals surface area contributed by atoms with Crippen molar-refractivity contribution in [1.82, 2.24) is 10.6 Å². The highest BCUT2D eigenvalue weighted by atomic mass is 19.4. The van der Waals surface area contributed by atoms with Gasteiger partial charge in [0.2, 0.25) is 0 Å². The van der Waals surface area contributed by atoms with E-state index in [4.69, 9.17) is 0 Å². The van der Waals surface area contributed by atoms with Crippen LogP contribution < -0.4 is 10.6 Å². The van der Waals surface area contributed by atoms with Crippen LogP contribution in [0.5, 0.6) is 0 Å². The predicted octanol–water partition coefficient (Wildman–Crippen LogP) is 4.59. The summed E-state index contributed by atoms with van der Waals surface area (Å²) in [6.45, 7) is 1.50. The zero-order valence-electron chi connectivity index (χ0n) is 13.8. The molecule has 0 aliphatic carbocycles. The average Bonchev–Trinajstić information content (AvgIpc) is 2.57. The number of benzene rings is 2. The molecule has 1 unspecified atom stereocenters. The number of carbonyl (C=O) groups excluding carboxylic acids is 1. The van der Waals surface area contributed by atoms with Crippen LogP contribution >= 0.6 is 0 Å². The van der Waals surface area contributed by atoms with Crippen molar-refractivity contribution in [3.05, 3.63) is 70.8 Å². The van der Waals surface area contributed by atoms with Crippen molar-refractivity contribution in [3.8, 4) is 0 Å². The molecule has 2 aromatic rings. The second-order valence-electron chi connectivity index (χ2n) is 5.70. The maximum absolute atomic E-state index is 13.5. The fraction of sp³-hybridized carbons (Fsp3) is 0.278. The Balaban J connectivity index is 1.90. The van der Waals surface area contributed by atoms with Gasteiger partial charge in [0.1, 0.15) is 11.6 Å². The van der Waals surface area contributed by atoms with Gasteiger partial charge in [0.25, 0.3) is 0 Å². The van der Waals surface area contributed by atoms with Gasteiger partial charge >= 0.3 is 12.2 Å². The molecule has 26 heavy (non-hydrogen) atoms. The summed E-state index contributed by atoms with van der Waals surface area (Å²) in [5, 5.41) is 4.91. The Bertz CT molecular complexity index is 756. The minimum absolute atomic E-state index is 0.0288. The van der Waals surface area contributed by atoms with E-state index in [1.165, 1.54) is 25.1 Å². The monoisotopic (exact) mass is 372 g/mol. The van der Waals surface area contributed by atoms with Crippen LogP contribution in [-0.2, 0) is 12.6 Å².